The van der Waals surface area contributed by atoms with Crippen LogP contribution in [0.25, 0.3) is 11.3 Å². The van der Waals surface area contributed by atoms with E-state index in [1.165, 1.54) is 0 Å². The standard InChI is InChI=1S/C19H19N3O2/c20-11-13-2-1-3-15(10-13)17-4-5-18(24-17)19(23)21-16-12-22-8-6-14(16)7-9-22/h1-5,10,14,16H,6-9,12H2,(H,21,23). The fraction of sp³-hybridized carbons (Fsp3) is 0.368. The maximum atomic E-state index is 12.5. The molecule has 0 aliphatic carbocycles. The van der Waals surface area contributed by atoms with Crippen molar-refractivity contribution in [1.29, 1.82) is 5.26 Å². The second-order valence-corrected chi connectivity index (χ2v) is 6.57. The monoisotopic (exact) mass is 321 g/mol. The van der Waals surface area contributed by atoms with Crippen LogP contribution in [0.2, 0.25) is 0 Å². The summed E-state index contributed by atoms with van der Waals surface area (Å²) in [6.45, 7) is 3.24. The number of nitrogens with one attached hydrogen (secondary N) is 1. The van der Waals surface area contributed by atoms with Crippen LogP contribution in [-0.2, 0) is 0 Å². The predicted molar refractivity (Wildman–Crippen MR) is 89.3 cm³/mol. The summed E-state index contributed by atoms with van der Waals surface area (Å²) in [7, 11) is 0. The van der Waals surface area contributed by atoms with E-state index in [4.69, 9.17) is 9.68 Å². The lowest BCUT2D eigenvalue weighted by atomic mass is 9.84. The number of fused-ring (bicyclic) bond motifs is 3. The molecule has 0 saturated carbocycles. The normalized spacial score (nSPS) is 25.2. The highest BCUT2D eigenvalue weighted by Gasteiger charge is 2.35. The highest BCUT2D eigenvalue weighted by molar-refractivity contribution is 5.92. The Hall–Kier alpha value is -2.58. The first-order valence-corrected chi connectivity index (χ1v) is 8.36. The number of furan rings is 1. The lowest BCUT2D eigenvalue weighted by Crippen LogP contribution is -2.57. The molecule has 1 aromatic heterocycles. The van der Waals surface area contributed by atoms with Crippen LogP contribution in [0.4, 0.5) is 0 Å². The molecule has 5 heteroatoms. The van der Waals surface area contributed by atoms with Gasteiger partial charge in [-0.1, -0.05) is 12.1 Å². The molecule has 1 N–H and O–H groups in total. The number of carbonyl (C=O) groups excluding carboxylic acids is 1. The minimum absolute atomic E-state index is 0.156. The third-order valence-electron chi connectivity index (χ3n) is 5.08. The Morgan fingerprint density at radius 2 is 2.08 bits per heavy atom. The van der Waals surface area contributed by atoms with Gasteiger partial charge in [-0.25, -0.2) is 0 Å². The van der Waals surface area contributed by atoms with Gasteiger partial charge < -0.3 is 14.6 Å². The van der Waals surface area contributed by atoms with Crippen LogP contribution in [0.1, 0.15) is 29.0 Å². The van der Waals surface area contributed by atoms with E-state index >= 15 is 0 Å². The number of piperidine rings is 3. The summed E-state index contributed by atoms with van der Waals surface area (Å²) < 4.78 is 5.72. The van der Waals surface area contributed by atoms with Crippen LogP contribution in [0, 0.1) is 17.2 Å². The van der Waals surface area contributed by atoms with Crippen molar-refractivity contribution in [1.82, 2.24) is 10.2 Å². The van der Waals surface area contributed by atoms with Crippen LogP contribution in [0.15, 0.2) is 40.8 Å². The van der Waals surface area contributed by atoms with Gasteiger partial charge in [-0.05, 0) is 56.1 Å². The van der Waals surface area contributed by atoms with Gasteiger partial charge in [-0.2, -0.15) is 5.26 Å². The molecule has 3 fully saturated rings. The van der Waals surface area contributed by atoms with E-state index in [1.54, 1.807) is 24.3 Å². The van der Waals surface area contributed by atoms with E-state index in [0.717, 1.165) is 38.0 Å². The summed E-state index contributed by atoms with van der Waals surface area (Å²) in [6, 6.07) is 13.0. The number of hydrogen-bond donors (Lipinski definition) is 1. The summed E-state index contributed by atoms with van der Waals surface area (Å²) in [5, 5.41) is 12.1. The zero-order valence-electron chi connectivity index (χ0n) is 13.4. The van der Waals surface area contributed by atoms with Gasteiger partial charge in [0.25, 0.3) is 5.91 Å². The first-order valence-electron chi connectivity index (χ1n) is 8.36. The maximum Gasteiger partial charge on any atom is 0.287 e. The van der Waals surface area contributed by atoms with Crippen molar-refractivity contribution < 1.29 is 9.21 Å². The number of amides is 1. The lowest BCUT2D eigenvalue weighted by molar-refractivity contribution is 0.0606. The van der Waals surface area contributed by atoms with Crippen LogP contribution < -0.4 is 5.32 Å². The van der Waals surface area contributed by atoms with Crippen LogP contribution in [-0.4, -0.2) is 36.5 Å². The third kappa shape index (κ3) is 2.81. The molecule has 1 atom stereocenters. The molecule has 1 aromatic carbocycles. The molecular weight excluding hydrogens is 302 g/mol. The van der Waals surface area contributed by atoms with Crippen molar-refractivity contribution in [2.45, 2.75) is 18.9 Å². The fourth-order valence-electron chi connectivity index (χ4n) is 3.73. The van der Waals surface area contributed by atoms with Gasteiger partial charge in [0, 0.05) is 18.2 Å². The molecule has 0 spiro atoms. The Bertz CT molecular complexity index is 797. The van der Waals surface area contributed by atoms with Crippen molar-refractivity contribution >= 4 is 5.91 Å². The lowest BCUT2D eigenvalue weighted by Gasteiger charge is -2.44. The smallest absolute Gasteiger partial charge is 0.287 e. The zero-order valence-corrected chi connectivity index (χ0v) is 13.4. The Kier molecular flexibility index (Phi) is 3.83. The minimum atomic E-state index is -0.156. The number of carbonyl (C=O) groups is 1. The Balaban J connectivity index is 1.48. The molecule has 4 heterocycles. The van der Waals surface area contributed by atoms with Gasteiger partial charge in [-0.3, -0.25) is 4.79 Å². The summed E-state index contributed by atoms with van der Waals surface area (Å²) >= 11 is 0. The molecule has 1 unspecified atom stereocenters. The van der Waals surface area contributed by atoms with Crippen LogP contribution in [0.3, 0.4) is 0 Å². The topological polar surface area (TPSA) is 69.3 Å². The van der Waals surface area contributed by atoms with Gasteiger partial charge >= 0.3 is 0 Å². The molecule has 24 heavy (non-hydrogen) atoms. The van der Waals surface area contributed by atoms with E-state index in [9.17, 15) is 4.79 Å². The molecule has 2 aromatic rings. The molecular formula is C19H19N3O2. The number of rotatable bonds is 3. The van der Waals surface area contributed by atoms with Crippen LogP contribution >= 0.6 is 0 Å². The molecule has 2 bridgehead atoms. The van der Waals surface area contributed by atoms with Gasteiger partial charge in [0.1, 0.15) is 5.76 Å². The summed E-state index contributed by atoms with van der Waals surface area (Å²) in [4.78, 5) is 14.9. The van der Waals surface area contributed by atoms with Crippen molar-refractivity contribution in [3.8, 4) is 17.4 Å². The highest BCUT2D eigenvalue weighted by Crippen LogP contribution is 2.28. The first kappa shape index (κ1) is 15.0. The van der Waals surface area contributed by atoms with E-state index in [-0.39, 0.29) is 11.9 Å². The molecule has 1 amide bonds. The van der Waals surface area contributed by atoms with E-state index in [1.807, 2.05) is 12.1 Å². The van der Waals surface area contributed by atoms with E-state index in [0.29, 0.717) is 23.0 Å². The zero-order chi connectivity index (χ0) is 16.5. The molecule has 5 nitrogen and oxygen atoms in total. The second-order valence-electron chi connectivity index (χ2n) is 6.57. The quantitative estimate of drug-likeness (QED) is 0.943. The molecule has 3 saturated heterocycles. The molecule has 122 valence electrons. The third-order valence-corrected chi connectivity index (χ3v) is 5.08. The summed E-state index contributed by atoms with van der Waals surface area (Å²) in [6.07, 6.45) is 2.32. The predicted octanol–water partition coefficient (Wildman–Crippen LogP) is 2.64. The number of hydrogen-bond acceptors (Lipinski definition) is 4. The SMILES string of the molecule is N#Cc1cccc(-c2ccc(C(=O)NC3CN4CCC3CC4)o2)c1. The largest absolute Gasteiger partial charge is 0.451 e. The average Bonchev–Trinajstić information content (AvgIpc) is 3.13. The first-order chi connectivity index (χ1) is 11.7. The molecule has 3 aliphatic rings. The Labute approximate surface area is 140 Å². The minimum Gasteiger partial charge on any atom is -0.451 e. The van der Waals surface area contributed by atoms with Crippen molar-refractivity contribution in [2.24, 2.45) is 5.92 Å². The van der Waals surface area contributed by atoms with E-state index in [2.05, 4.69) is 16.3 Å². The van der Waals surface area contributed by atoms with Crippen molar-refractivity contribution in [2.75, 3.05) is 19.6 Å². The summed E-state index contributed by atoms with van der Waals surface area (Å²) in [5.41, 5.74) is 1.37. The number of benzene rings is 1. The second kappa shape index (κ2) is 6.14. The average molecular weight is 321 g/mol. The maximum absolute atomic E-state index is 12.5. The number of nitrogens with zero attached hydrogens (tertiary/aromatic N) is 2. The van der Waals surface area contributed by atoms with Gasteiger partial charge in [0.2, 0.25) is 0 Å². The number of nitriles is 1. The highest BCUT2D eigenvalue weighted by atomic mass is 16.3. The summed E-state index contributed by atoms with van der Waals surface area (Å²) in [5.74, 6) is 1.35. The fourth-order valence-corrected chi connectivity index (χ4v) is 3.73. The van der Waals surface area contributed by atoms with Gasteiger partial charge in [0.15, 0.2) is 5.76 Å². The van der Waals surface area contributed by atoms with Gasteiger partial charge in [-0.15, -0.1) is 0 Å². The molecule has 5 rings (SSSR count). The Morgan fingerprint density at radius 1 is 1.25 bits per heavy atom. The Morgan fingerprint density at radius 3 is 2.79 bits per heavy atom. The van der Waals surface area contributed by atoms with Gasteiger partial charge in [0.05, 0.1) is 11.6 Å². The molecule has 3 aliphatic heterocycles. The van der Waals surface area contributed by atoms with E-state index < -0.39 is 0 Å². The molecule has 0 radical (unpaired) electrons. The van der Waals surface area contributed by atoms with Crippen molar-refractivity contribution in [3.05, 3.63) is 47.7 Å². The van der Waals surface area contributed by atoms with Crippen molar-refractivity contribution in [3.63, 3.8) is 0 Å². The van der Waals surface area contributed by atoms with Crippen LogP contribution in [0.5, 0.6) is 0 Å².